The molecule has 0 aromatic heterocycles. The number of nitrogens with one attached hydrogen (secondary N) is 1. The van der Waals surface area contributed by atoms with Crippen molar-refractivity contribution in [3.8, 4) is 0 Å². The topological polar surface area (TPSA) is 66.4 Å². The van der Waals surface area contributed by atoms with Crippen LogP contribution in [0.2, 0.25) is 5.02 Å². The van der Waals surface area contributed by atoms with E-state index in [1.54, 1.807) is 24.3 Å². The Labute approximate surface area is 97.2 Å². The number of carboxylic acid groups (broad SMARTS) is 1. The van der Waals surface area contributed by atoms with E-state index in [1.807, 2.05) is 0 Å². The molecule has 0 spiro atoms. The average molecular weight is 240 g/mol. The van der Waals surface area contributed by atoms with Gasteiger partial charge in [0, 0.05) is 17.5 Å². The molecule has 1 heterocycles. The number of hydrogen-bond acceptors (Lipinski definition) is 2. The molecule has 2 rings (SSSR count). The van der Waals surface area contributed by atoms with Gasteiger partial charge in [0.05, 0.1) is 0 Å². The molecule has 1 aliphatic rings. The van der Waals surface area contributed by atoms with Crippen LogP contribution in [-0.2, 0) is 9.59 Å². The number of rotatable bonds is 2. The summed E-state index contributed by atoms with van der Waals surface area (Å²) < 4.78 is 0. The first kappa shape index (κ1) is 11.0. The van der Waals surface area contributed by atoms with Crippen molar-refractivity contribution >= 4 is 23.5 Å². The molecule has 2 atom stereocenters. The summed E-state index contributed by atoms with van der Waals surface area (Å²) in [5, 5.41) is 12.1. The highest BCUT2D eigenvalue weighted by Crippen LogP contribution is 2.29. The first-order valence-corrected chi connectivity index (χ1v) is 5.23. The molecule has 0 saturated carbocycles. The first-order valence-electron chi connectivity index (χ1n) is 4.85. The summed E-state index contributed by atoms with van der Waals surface area (Å²) in [7, 11) is 0. The van der Waals surface area contributed by atoms with Crippen molar-refractivity contribution in [2.45, 2.75) is 5.92 Å². The minimum absolute atomic E-state index is 0.317. The van der Waals surface area contributed by atoms with Gasteiger partial charge in [0.2, 0.25) is 5.91 Å². The van der Waals surface area contributed by atoms with E-state index >= 15 is 0 Å². The van der Waals surface area contributed by atoms with Crippen molar-refractivity contribution in [3.63, 3.8) is 0 Å². The normalized spacial score (nSPS) is 24.2. The van der Waals surface area contributed by atoms with E-state index in [0.717, 1.165) is 5.56 Å². The van der Waals surface area contributed by atoms with Crippen LogP contribution in [0.25, 0.3) is 0 Å². The summed E-state index contributed by atoms with van der Waals surface area (Å²) in [4.78, 5) is 22.3. The van der Waals surface area contributed by atoms with E-state index in [1.165, 1.54) is 0 Å². The van der Waals surface area contributed by atoms with Crippen LogP contribution in [0, 0.1) is 5.92 Å². The van der Waals surface area contributed by atoms with Gasteiger partial charge in [0.15, 0.2) is 0 Å². The van der Waals surface area contributed by atoms with Crippen LogP contribution < -0.4 is 5.32 Å². The Bertz CT molecular complexity index is 429. The van der Waals surface area contributed by atoms with Crippen LogP contribution >= 0.6 is 11.6 Å². The van der Waals surface area contributed by atoms with Gasteiger partial charge in [-0.05, 0) is 17.7 Å². The van der Waals surface area contributed by atoms with Crippen LogP contribution in [0.5, 0.6) is 0 Å². The number of amides is 1. The molecule has 1 aromatic rings. The fourth-order valence-corrected chi connectivity index (χ4v) is 2.05. The van der Waals surface area contributed by atoms with Gasteiger partial charge in [0.1, 0.15) is 5.92 Å². The summed E-state index contributed by atoms with van der Waals surface area (Å²) in [6.45, 7) is 0.359. The lowest BCUT2D eigenvalue weighted by Crippen LogP contribution is -2.26. The summed E-state index contributed by atoms with van der Waals surface area (Å²) in [5.41, 5.74) is 0.815. The highest BCUT2D eigenvalue weighted by atomic mass is 35.5. The fourth-order valence-electron chi connectivity index (χ4n) is 1.93. The zero-order valence-corrected chi connectivity index (χ0v) is 9.07. The third-order valence-corrected chi connectivity index (χ3v) is 3.00. The Hall–Kier alpha value is -1.55. The predicted molar refractivity (Wildman–Crippen MR) is 58.3 cm³/mol. The van der Waals surface area contributed by atoms with E-state index in [2.05, 4.69) is 5.32 Å². The lowest BCUT2D eigenvalue weighted by atomic mass is 9.89. The van der Waals surface area contributed by atoms with Crippen LogP contribution in [0.4, 0.5) is 0 Å². The molecule has 1 saturated heterocycles. The lowest BCUT2D eigenvalue weighted by molar-refractivity contribution is -0.145. The maximum atomic E-state index is 11.3. The van der Waals surface area contributed by atoms with Crippen LogP contribution in [0.3, 0.4) is 0 Å². The fraction of sp³-hybridized carbons (Fsp3) is 0.273. The maximum absolute atomic E-state index is 11.3. The second-order valence-corrected chi connectivity index (χ2v) is 4.16. The molecule has 84 valence electrons. The smallest absolute Gasteiger partial charge is 0.316 e. The maximum Gasteiger partial charge on any atom is 0.316 e. The second kappa shape index (κ2) is 4.14. The van der Waals surface area contributed by atoms with Gasteiger partial charge in [-0.1, -0.05) is 23.7 Å². The minimum Gasteiger partial charge on any atom is -0.481 e. The SMILES string of the molecule is O=C(O)[C@@H]1C(=O)NC[C@H]1c1ccc(Cl)cc1. The van der Waals surface area contributed by atoms with Crippen molar-refractivity contribution < 1.29 is 14.7 Å². The van der Waals surface area contributed by atoms with Crippen molar-refractivity contribution in [1.29, 1.82) is 0 Å². The number of benzene rings is 1. The van der Waals surface area contributed by atoms with Gasteiger partial charge in [-0.2, -0.15) is 0 Å². The molecular weight excluding hydrogens is 230 g/mol. The molecule has 0 unspecified atom stereocenters. The van der Waals surface area contributed by atoms with Gasteiger partial charge >= 0.3 is 5.97 Å². The van der Waals surface area contributed by atoms with Crippen LogP contribution in [0.1, 0.15) is 11.5 Å². The Morgan fingerprint density at radius 1 is 1.38 bits per heavy atom. The molecule has 1 amide bonds. The molecule has 1 aliphatic heterocycles. The Morgan fingerprint density at radius 3 is 2.56 bits per heavy atom. The number of carbonyl (C=O) groups is 2. The van der Waals surface area contributed by atoms with E-state index in [-0.39, 0.29) is 5.92 Å². The average Bonchev–Trinajstić information content (AvgIpc) is 2.61. The number of carboxylic acids is 1. The predicted octanol–water partition coefficient (Wildman–Crippen LogP) is 1.25. The molecule has 5 heteroatoms. The van der Waals surface area contributed by atoms with Gasteiger partial charge in [-0.3, -0.25) is 9.59 Å². The van der Waals surface area contributed by atoms with Gasteiger partial charge in [-0.15, -0.1) is 0 Å². The molecule has 1 fully saturated rings. The van der Waals surface area contributed by atoms with Gasteiger partial charge < -0.3 is 10.4 Å². The van der Waals surface area contributed by atoms with E-state index < -0.39 is 17.8 Å². The summed E-state index contributed by atoms with van der Waals surface area (Å²) in [6, 6.07) is 6.89. The highest BCUT2D eigenvalue weighted by molar-refractivity contribution is 6.30. The third kappa shape index (κ3) is 1.88. The number of carbonyl (C=O) groups excluding carboxylic acids is 1. The molecule has 16 heavy (non-hydrogen) atoms. The summed E-state index contributed by atoms with van der Waals surface area (Å²) in [5.74, 6) is -2.83. The van der Waals surface area contributed by atoms with Crippen LogP contribution in [-0.4, -0.2) is 23.5 Å². The zero-order valence-electron chi connectivity index (χ0n) is 8.31. The molecule has 0 radical (unpaired) electrons. The Kier molecular flexibility index (Phi) is 2.83. The number of hydrogen-bond donors (Lipinski definition) is 2. The Morgan fingerprint density at radius 2 is 2.00 bits per heavy atom. The molecule has 0 aliphatic carbocycles. The number of aliphatic carboxylic acids is 1. The summed E-state index contributed by atoms with van der Waals surface area (Å²) in [6.07, 6.45) is 0. The van der Waals surface area contributed by atoms with Crippen molar-refractivity contribution in [2.75, 3.05) is 6.54 Å². The minimum atomic E-state index is -1.09. The standard InChI is InChI=1S/C11H10ClNO3/c12-7-3-1-6(2-4-7)8-5-13-10(14)9(8)11(15)16/h1-4,8-9H,5H2,(H,13,14)(H,15,16)/t8-,9-/m0/s1. The molecule has 4 nitrogen and oxygen atoms in total. The summed E-state index contributed by atoms with van der Waals surface area (Å²) >= 11 is 5.75. The third-order valence-electron chi connectivity index (χ3n) is 2.75. The molecule has 0 bridgehead atoms. The van der Waals surface area contributed by atoms with E-state index in [4.69, 9.17) is 16.7 Å². The largest absolute Gasteiger partial charge is 0.481 e. The quantitative estimate of drug-likeness (QED) is 0.764. The van der Waals surface area contributed by atoms with Crippen molar-refractivity contribution in [2.24, 2.45) is 5.92 Å². The van der Waals surface area contributed by atoms with E-state index in [9.17, 15) is 9.59 Å². The van der Waals surface area contributed by atoms with E-state index in [0.29, 0.717) is 11.6 Å². The number of halogens is 1. The first-order chi connectivity index (χ1) is 7.59. The zero-order chi connectivity index (χ0) is 11.7. The molecule has 2 N–H and O–H groups in total. The Balaban J connectivity index is 2.30. The van der Waals surface area contributed by atoms with Crippen molar-refractivity contribution in [3.05, 3.63) is 34.9 Å². The van der Waals surface area contributed by atoms with Gasteiger partial charge in [0.25, 0.3) is 0 Å². The highest BCUT2D eigenvalue weighted by Gasteiger charge is 2.40. The van der Waals surface area contributed by atoms with Gasteiger partial charge in [-0.25, -0.2) is 0 Å². The monoisotopic (exact) mass is 239 g/mol. The second-order valence-electron chi connectivity index (χ2n) is 3.72. The lowest BCUT2D eigenvalue weighted by Gasteiger charge is -2.13. The van der Waals surface area contributed by atoms with Crippen LogP contribution in [0.15, 0.2) is 24.3 Å². The van der Waals surface area contributed by atoms with Crippen molar-refractivity contribution in [1.82, 2.24) is 5.32 Å². The molecule has 1 aromatic carbocycles. The molecular formula is C11H10ClNO3.